The molecule has 0 aliphatic carbocycles. The predicted octanol–water partition coefficient (Wildman–Crippen LogP) is 4.21. The number of rotatable bonds is 2. The summed E-state index contributed by atoms with van der Waals surface area (Å²) in [5.74, 6) is 0. The molecule has 174 valence electrons. The van der Waals surface area contributed by atoms with Gasteiger partial charge in [-0.3, -0.25) is 0 Å². The lowest BCUT2D eigenvalue weighted by molar-refractivity contribution is 1.27. The molecule has 0 spiro atoms. The predicted molar refractivity (Wildman–Crippen MR) is 162 cm³/mol. The maximum atomic E-state index is 2.50. The third kappa shape index (κ3) is 2.85. The van der Waals surface area contributed by atoms with Crippen molar-refractivity contribution in [3.05, 3.63) is 114 Å². The van der Waals surface area contributed by atoms with Gasteiger partial charge >= 0.3 is 0 Å². The normalized spacial score (nSPS) is 14.1. The van der Waals surface area contributed by atoms with Crippen LogP contribution in [0.15, 0.2) is 107 Å². The fraction of sp³-hybridized carbons (Fsp3) is 0.0909. The highest BCUT2D eigenvalue weighted by Gasteiger charge is 2.48. The first-order valence-corrected chi connectivity index (χ1v) is 13.9. The summed E-state index contributed by atoms with van der Waals surface area (Å²) in [5.41, 5.74) is 16.8. The van der Waals surface area contributed by atoms with E-state index in [4.69, 9.17) is 0 Å². The van der Waals surface area contributed by atoms with Gasteiger partial charge in [-0.15, -0.1) is 0 Å². The second kappa shape index (κ2) is 7.69. The maximum absolute atomic E-state index is 2.50. The highest BCUT2D eigenvalue weighted by atomic mass is 32.2. The Balaban J connectivity index is 1.51. The molecule has 1 nitrogen and oxygen atoms in total. The molecule has 0 amide bonds. The van der Waals surface area contributed by atoms with Crippen LogP contribution in [0.2, 0.25) is 0 Å². The SMILES string of the molecule is Cc1cc(C)c(B2c3cccc4c3B3c5c(cccc5N(c5ccccc5)c5cccc2c53)S4)c(C)c1. The van der Waals surface area contributed by atoms with E-state index in [-0.39, 0.29) is 13.4 Å². The minimum atomic E-state index is 0.229. The van der Waals surface area contributed by atoms with Crippen molar-refractivity contribution in [1.82, 2.24) is 0 Å². The lowest BCUT2D eigenvalue weighted by atomic mass is 9.20. The van der Waals surface area contributed by atoms with Crippen molar-refractivity contribution in [3.8, 4) is 0 Å². The van der Waals surface area contributed by atoms with E-state index in [0.29, 0.717) is 0 Å². The molecule has 8 rings (SSSR count). The molecule has 3 aliphatic heterocycles. The van der Waals surface area contributed by atoms with E-state index in [1.54, 1.807) is 0 Å². The molecule has 0 atom stereocenters. The van der Waals surface area contributed by atoms with Crippen LogP contribution in [0.5, 0.6) is 0 Å². The van der Waals surface area contributed by atoms with E-state index in [1.165, 1.54) is 76.3 Å². The van der Waals surface area contributed by atoms with Gasteiger partial charge in [0.15, 0.2) is 0 Å². The zero-order chi connectivity index (χ0) is 24.8. The van der Waals surface area contributed by atoms with E-state index < -0.39 is 0 Å². The Labute approximate surface area is 223 Å². The minimum Gasteiger partial charge on any atom is -0.312 e. The Hall–Kier alpha value is -3.62. The molecule has 0 saturated heterocycles. The summed E-state index contributed by atoms with van der Waals surface area (Å²) in [5, 5.41) is 0. The second-order valence-electron chi connectivity index (χ2n) is 10.7. The quantitative estimate of drug-likeness (QED) is 0.335. The Morgan fingerprint density at radius 3 is 1.86 bits per heavy atom. The van der Waals surface area contributed by atoms with E-state index in [2.05, 4.69) is 123 Å². The van der Waals surface area contributed by atoms with Gasteiger partial charge in [-0.05, 0) is 68.1 Å². The number of anilines is 3. The number of benzene rings is 5. The van der Waals surface area contributed by atoms with Crippen molar-refractivity contribution in [2.75, 3.05) is 4.90 Å². The second-order valence-corrected chi connectivity index (χ2v) is 11.8. The third-order valence-electron chi connectivity index (χ3n) is 8.49. The van der Waals surface area contributed by atoms with E-state index >= 15 is 0 Å². The largest absolute Gasteiger partial charge is 0.312 e. The number of aryl methyl sites for hydroxylation is 3. The zero-order valence-electron chi connectivity index (χ0n) is 21.2. The Morgan fingerprint density at radius 1 is 0.541 bits per heavy atom. The van der Waals surface area contributed by atoms with Gasteiger partial charge in [-0.1, -0.05) is 111 Å². The summed E-state index contributed by atoms with van der Waals surface area (Å²) in [6, 6.07) is 36.5. The molecule has 0 unspecified atom stereocenters. The standard InChI is InChI=1S/C33H25B2NS/c1-20-18-21(2)30(22(3)19-20)34-24-12-7-14-26-31(24)35-32-25(34)13-8-16-28(32)37-29-17-9-15-27(33(29)35)36(26)23-10-5-4-6-11-23/h4-19H,1-3H3. The molecule has 0 N–H and O–H groups in total. The van der Waals surface area contributed by atoms with Crippen LogP contribution in [-0.4, -0.2) is 13.4 Å². The van der Waals surface area contributed by atoms with Crippen molar-refractivity contribution in [1.29, 1.82) is 0 Å². The Kier molecular flexibility index (Phi) is 4.46. The van der Waals surface area contributed by atoms with Crippen molar-refractivity contribution in [3.63, 3.8) is 0 Å². The van der Waals surface area contributed by atoms with Crippen LogP contribution in [0.3, 0.4) is 0 Å². The molecule has 0 radical (unpaired) electrons. The Morgan fingerprint density at radius 2 is 1.14 bits per heavy atom. The fourth-order valence-electron chi connectivity index (χ4n) is 7.31. The van der Waals surface area contributed by atoms with Gasteiger partial charge in [0, 0.05) is 26.9 Å². The lowest BCUT2D eigenvalue weighted by Crippen LogP contribution is -2.78. The van der Waals surface area contributed by atoms with Crippen molar-refractivity contribution in [2.24, 2.45) is 0 Å². The molecule has 4 heteroatoms. The number of hydrogen-bond acceptors (Lipinski definition) is 2. The average molecular weight is 489 g/mol. The van der Waals surface area contributed by atoms with Crippen molar-refractivity contribution < 1.29 is 0 Å². The van der Waals surface area contributed by atoms with Gasteiger partial charge in [0.1, 0.15) is 0 Å². The molecule has 3 aliphatic rings. The van der Waals surface area contributed by atoms with Crippen molar-refractivity contribution >= 4 is 75.0 Å². The first-order chi connectivity index (χ1) is 18.1. The van der Waals surface area contributed by atoms with Gasteiger partial charge in [-0.25, -0.2) is 0 Å². The van der Waals surface area contributed by atoms with Gasteiger partial charge < -0.3 is 4.90 Å². The zero-order valence-corrected chi connectivity index (χ0v) is 22.1. The van der Waals surface area contributed by atoms with Crippen LogP contribution < -0.4 is 37.7 Å². The monoisotopic (exact) mass is 489 g/mol. The summed E-state index contributed by atoms with van der Waals surface area (Å²) >= 11 is 1.95. The highest BCUT2D eigenvalue weighted by Crippen LogP contribution is 2.41. The van der Waals surface area contributed by atoms with Crippen LogP contribution in [0.25, 0.3) is 0 Å². The summed E-state index contributed by atoms with van der Waals surface area (Å²) in [6.45, 7) is 7.30. The smallest absolute Gasteiger partial charge is 0.248 e. The highest BCUT2D eigenvalue weighted by molar-refractivity contribution is 8.00. The van der Waals surface area contributed by atoms with Crippen LogP contribution in [-0.2, 0) is 0 Å². The summed E-state index contributed by atoms with van der Waals surface area (Å²) in [4.78, 5) is 5.29. The van der Waals surface area contributed by atoms with E-state index in [0.717, 1.165) is 0 Å². The average Bonchev–Trinajstić information content (AvgIpc) is 2.90. The first kappa shape index (κ1) is 21.5. The molecule has 5 aromatic carbocycles. The molecule has 0 saturated carbocycles. The molecular weight excluding hydrogens is 464 g/mol. The molecule has 5 aromatic rings. The first-order valence-electron chi connectivity index (χ1n) is 13.1. The maximum Gasteiger partial charge on any atom is 0.248 e. The summed E-state index contributed by atoms with van der Waals surface area (Å²) < 4.78 is 0. The molecule has 3 heterocycles. The van der Waals surface area contributed by atoms with Crippen molar-refractivity contribution in [2.45, 2.75) is 30.6 Å². The number of nitrogens with zero attached hydrogens (tertiary/aromatic N) is 1. The number of hydrogen-bond donors (Lipinski definition) is 0. The van der Waals surface area contributed by atoms with Crippen LogP contribution in [0.1, 0.15) is 16.7 Å². The molecule has 0 fully saturated rings. The molecule has 0 bridgehead atoms. The minimum absolute atomic E-state index is 0.229. The van der Waals surface area contributed by atoms with Gasteiger partial charge in [0.25, 0.3) is 0 Å². The molecule has 0 aromatic heterocycles. The molecule has 37 heavy (non-hydrogen) atoms. The van der Waals surface area contributed by atoms with E-state index in [9.17, 15) is 0 Å². The van der Waals surface area contributed by atoms with Gasteiger partial charge in [-0.2, -0.15) is 0 Å². The number of para-hydroxylation sites is 1. The Bertz CT molecular complexity index is 1740. The van der Waals surface area contributed by atoms with Crippen LogP contribution in [0, 0.1) is 20.8 Å². The molecular formula is C33H25B2NS. The van der Waals surface area contributed by atoms with Crippen LogP contribution in [0.4, 0.5) is 17.1 Å². The summed E-state index contributed by atoms with van der Waals surface area (Å²) in [6.07, 6.45) is 0. The van der Waals surface area contributed by atoms with E-state index in [1.807, 2.05) is 11.8 Å². The van der Waals surface area contributed by atoms with Gasteiger partial charge in [0.05, 0.1) is 0 Å². The van der Waals surface area contributed by atoms with Gasteiger partial charge in [0.2, 0.25) is 13.4 Å². The van der Waals surface area contributed by atoms with Crippen LogP contribution >= 0.6 is 11.8 Å². The fourth-order valence-corrected chi connectivity index (χ4v) is 8.52. The summed E-state index contributed by atoms with van der Waals surface area (Å²) in [7, 11) is 0. The topological polar surface area (TPSA) is 3.24 Å². The third-order valence-corrected chi connectivity index (χ3v) is 9.64. The lowest BCUT2D eigenvalue weighted by Gasteiger charge is -2.45.